The largest absolute Gasteiger partial charge is 0.489 e. The molecule has 0 saturated carbocycles. The molecule has 20 heavy (non-hydrogen) atoms. The van der Waals surface area contributed by atoms with Crippen LogP contribution < -0.4 is 10.5 Å². The first kappa shape index (κ1) is 17.3. The summed E-state index contributed by atoms with van der Waals surface area (Å²) >= 11 is 6.09. The van der Waals surface area contributed by atoms with Crippen molar-refractivity contribution in [1.29, 1.82) is 0 Å². The Bertz CT molecular complexity index is 458. The van der Waals surface area contributed by atoms with Crippen molar-refractivity contribution in [3.63, 3.8) is 0 Å². The first-order valence-corrected chi connectivity index (χ1v) is 10.3. The molecular weight excluding hydrogens is 290 g/mol. The van der Waals surface area contributed by atoms with Gasteiger partial charge in [0.15, 0.2) is 8.32 Å². The monoisotopic (exact) mass is 315 g/mol. The molecule has 0 aromatic heterocycles. The molecular formula is C15H26ClNO2Si. The zero-order valence-corrected chi connectivity index (χ0v) is 14.8. The van der Waals surface area contributed by atoms with E-state index < -0.39 is 8.32 Å². The van der Waals surface area contributed by atoms with Crippen LogP contribution in [-0.2, 0) is 0 Å². The van der Waals surface area contributed by atoms with Gasteiger partial charge in [0.05, 0.1) is 11.1 Å². The average Bonchev–Trinajstić information content (AvgIpc) is 2.30. The van der Waals surface area contributed by atoms with Gasteiger partial charge in [-0.1, -0.05) is 25.4 Å². The Hall–Kier alpha value is -0.713. The van der Waals surface area contributed by atoms with Crippen molar-refractivity contribution < 1.29 is 9.53 Å². The van der Waals surface area contributed by atoms with Gasteiger partial charge < -0.3 is 15.3 Å². The smallest absolute Gasteiger partial charge is 0.188 e. The van der Waals surface area contributed by atoms with E-state index >= 15 is 0 Å². The van der Waals surface area contributed by atoms with Gasteiger partial charge in [-0.25, -0.2) is 0 Å². The number of nitrogen functional groups attached to an aromatic ring is 1. The van der Waals surface area contributed by atoms with Gasteiger partial charge in [-0.3, -0.25) is 0 Å². The third kappa shape index (κ3) is 4.68. The summed E-state index contributed by atoms with van der Waals surface area (Å²) in [4.78, 5) is 10.3. The van der Waals surface area contributed by atoms with Crippen LogP contribution in [0.2, 0.25) is 23.2 Å². The second-order valence-electron chi connectivity index (χ2n) is 6.60. The number of nitrogens with two attached hydrogens (primary N) is 1. The highest BCUT2D eigenvalue weighted by molar-refractivity contribution is 6.72. The summed E-state index contributed by atoms with van der Waals surface area (Å²) in [7, 11) is -2.17. The van der Waals surface area contributed by atoms with Crippen LogP contribution in [0.4, 0.5) is 5.69 Å². The predicted octanol–water partition coefficient (Wildman–Crippen LogP) is 4.45. The molecule has 1 atom stereocenters. The van der Waals surface area contributed by atoms with Crippen LogP contribution in [0.1, 0.15) is 33.6 Å². The van der Waals surface area contributed by atoms with Crippen LogP contribution in [0.15, 0.2) is 18.2 Å². The van der Waals surface area contributed by atoms with E-state index in [1.54, 1.807) is 18.2 Å². The molecule has 0 radical (unpaired) electrons. The number of rotatable bonds is 6. The number of benzene rings is 1. The maximum Gasteiger partial charge on any atom is 0.188 e. The van der Waals surface area contributed by atoms with Crippen molar-refractivity contribution in [3.8, 4) is 5.75 Å². The molecule has 0 heterocycles. The van der Waals surface area contributed by atoms with Gasteiger partial charge in [0.25, 0.3) is 0 Å². The van der Waals surface area contributed by atoms with Crippen LogP contribution in [0, 0.1) is 0 Å². The van der Waals surface area contributed by atoms with E-state index in [9.17, 15) is 4.80 Å². The van der Waals surface area contributed by atoms with Crippen molar-refractivity contribution in [2.45, 2.75) is 57.8 Å². The molecule has 0 aliphatic heterocycles. The minimum atomic E-state index is -2.17. The zero-order chi connectivity index (χ0) is 15.6. The second kappa shape index (κ2) is 6.37. The highest BCUT2D eigenvalue weighted by Crippen LogP contribution is 2.40. The molecule has 0 aliphatic rings. The normalized spacial score (nSPS) is 14.2. The number of anilines is 1. The molecule has 0 bridgehead atoms. The molecule has 0 unspecified atom stereocenters. The summed E-state index contributed by atoms with van der Waals surface area (Å²) in [5.41, 5.74) is 6.38. The van der Waals surface area contributed by atoms with E-state index in [0.29, 0.717) is 16.5 Å². The highest BCUT2D eigenvalue weighted by atomic mass is 35.5. The van der Waals surface area contributed by atoms with Gasteiger partial charge in [-0.15, -0.1) is 0 Å². The fourth-order valence-electron chi connectivity index (χ4n) is 1.76. The van der Waals surface area contributed by atoms with Crippen molar-refractivity contribution in [2.24, 2.45) is 0 Å². The Morgan fingerprint density at radius 1 is 1.40 bits per heavy atom. The minimum absolute atomic E-state index is 0.0323. The number of hydrogen-bond acceptors (Lipinski definition) is 3. The lowest BCUT2D eigenvalue weighted by molar-refractivity contribution is 0.201. The van der Waals surface area contributed by atoms with Gasteiger partial charge in [-0.05, 0) is 50.0 Å². The first-order valence-electron chi connectivity index (χ1n) is 6.97. The summed E-state index contributed by atoms with van der Waals surface area (Å²) < 4.78 is 5.86. The summed E-state index contributed by atoms with van der Waals surface area (Å²) in [6, 6.07) is 5.24. The lowest BCUT2D eigenvalue weighted by Gasteiger charge is -2.35. The van der Waals surface area contributed by atoms with E-state index in [1.807, 2.05) is 20.0 Å². The van der Waals surface area contributed by atoms with Gasteiger partial charge in [0.2, 0.25) is 0 Å². The van der Waals surface area contributed by atoms with Crippen molar-refractivity contribution in [2.75, 3.05) is 5.73 Å². The van der Waals surface area contributed by atoms with E-state index in [0.717, 1.165) is 12.8 Å². The summed E-state index contributed by atoms with van der Waals surface area (Å²) in [6.45, 7) is 10.2. The molecule has 0 spiro atoms. The number of ether oxygens (including phenoxy) is 1. The Morgan fingerprint density at radius 3 is 2.55 bits per heavy atom. The minimum Gasteiger partial charge on any atom is -0.489 e. The van der Waals surface area contributed by atoms with E-state index in [4.69, 9.17) is 22.1 Å². The van der Waals surface area contributed by atoms with Crippen LogP contribution in [-0.4, -0.2) is 19.2 Å². The molecule has 1 aromatic carbocycles. The van der Waals surface area contributed by atoms with E-state index in [1.165, 1.54) is 0 Å². The average molecular weight is 316 g/mol. The highest BCUT2D eigenvalue weighted by Gasteiger charge is 2.37. The second-order valence-corrected chi connectivity index (χ2v) is 11.5. The molecule has 1 aromatic rings. The summed E-state index contributed by atoms with van der Waals surface area (Å²) in [6.07, 6.45) is 1.82. The maximum atomic E-state index is 10.3. The van der Waals surface area contributed by atoms with Gasteiger partial charge >= 0.3 is 0 Å². The third-order valence-corrected chi connectivity index (χ3v) is 7.99. The first-order chi connectivity index (χ1) is 9.03. The lowest BCUT2D eigenvalue weighted by Crippen LogP contribution is -2.39. The molecule has 0 aliphatic carbocycles. The summed E-state index contributed by atoms with van der Waals surface area (Å²) in [5.74, 6) is 0.623. The van der Waals surface area contributed by atoms with E-state index in [2.05, 4.69) is 13.8 Å². The van der Waals surface area contributed by atoms with Gasteiger partial charge in [0.1, 0.15) is 5.75 Å². The standard InChI is InChI=1S/C15H26ClNO2Si/c1-11(8-9-15(2,3)20(4,5)18)19-14-10-12(17)6-7-13(14)16/h6-7,10-11,18H,8-9,17H2,1-5H3/t11-/m0/s1. The topological polar surface area (TPSA) is 55.5 Å². The molecule has 3 nitrogen and oxygen atoms in total. The Kier molecular flexibility index (Phi) is 5.52. The van der Waals surface area contributed by atoms with E-state index in [-0.39, 0.29) is 11.1 Å². The van der Waals surface area contributed by atoms with Gasteiger partial charge in [0, 0.05) is 11.8 Å². The number of hydrogen-bond donors (Lipinski definition) is 2. The van der Waals surface area contributed by atoms with Gasteiger partial charge in [-0.2, -0.15) is 0 Å². The Morgan fingerprint density at radius 2 is 2.00 bits per heavy atom. The SMILES string of the molecule is C[C@@H](CCC(C)(C)[Si](C)(C)O)Oc1cc(N)ccc1Cl. The van der Waals surface area contributed by atoms with Crippen molar-refractivity contribution >= 4 is 25.6 Å². The van der Waals surface area contributed by atoms with Crippen LogP contribution in [0.5, 0.6) is 5.75 Å². The quantitative estimate of drug-likeness (QED) is 0.602. The van der Waals surface area contributed by atoms with Crippen molar-refractivity contribution in [1.82, 2.24) is 0 Å². The third-order valence-electron chi connectivity index (χ3n) is 4.12. The molecule has 5 heteroatoms. The molecule has 0 fully saturated rings. The van der Waals surface area contributed by atoms with Crippen LogP contribution in [0.3, 0.4) is 0 Å². The van der Waals surface area contributed by atoms with Crippen molar-refractivity contribution in [3.05, 3.63) is 23.2 Å². The fourth-order valence-corrected chi connectivity index (χ4v) is 2.67. The maximum absolute atomic E-state index is 10.3. The molecule has 0 amide bonds. The molecule has 1 rings (SSSR count). The Labute approximate surface area is 128 Å². The Balaban J connectivity index is 2.61. The fraction of sp³-hybridized carbons (Fsp3) is 0.600. The lowest BCUT2D eigenvalue weighted by atomic mass is 10.0. The zero-order valence-electron chi connectivity index (χ0n) is 13.0. The number of halogens is 1. The van der Waals surface area contributed by atoms with Crippen LogP contribution in [0.25, 0.3) is 0 Å². The molecule has 0 saturated heterocycles. The molecule has 3 N–H and O–H groups in total. The summed E-state index contributed by atoms with van der Waals surface area (Å²) in [5, 5.41) is 0.534. The predicted molar refractivity (Wildman–Crippen MR) is 88.9 cm³/mol. The molecule has 114 valence electrons. The van der Waals surface area contributed by atoms with Crippen LogP contribution >= 0.6 is 11.6 Å².